The first-order chi connectivity index (χ1) is 4.88. The molecule has 0 spiro atoms. The van der Waals surface area contributed by atoms with Crippen molar-refractivity contribution in [1.82, 2.24) is 10.2 Å². The lowest BCUT2D eigenvalue weighted by Gasteiger charge is -2.07. The molecule has 0 unspecified atom stereocenters. The van der Waals surface area contributed by atoms with E-state index in [-0.39, 0.29) is 5.88 Å². The number of aromatic nitrogens is 2. The number of rotatable bonds is 0. The maximum absolute atomic E-state index is 9.18. The molecule has 1 heterocycles. The topological polar surface area (TPSA) is 48.9 Å². The van der Waals surface area contributed by atoms with Gasteiger partial charge in [-0.1, -0.05) is 0 Å². The zero-order valence-electron chi connectivity index (χ0n) is 5.72. The van der Waals surface area contributed by atoms with Crippen LogP contribution in [-0.2, 0) is 12.8 Å². The highest BCUT2D eigenvalue weighted by molar-refractivity contribution is 5.30. The van der Waals surface area contributed by atoms with Crippen LogP contribution < -0.4 is 0 Å². The van der Waals surface area contributed by atoms with Crippen LogP contribution in [0.2, 0.25) is 0 Å². The molecular formula is C7H10N2O. The number of fused-ring (bicyclic) bond motifs is 1. The predicted molar refractivity (Wildman–Crippen MR) is 36.9 cm³/mol. The van der Waals surface area contributed by atoms with E-state index in [2.05, 4.69) is 10.2 Å². The Balaban J connectivity index is 2.45. The van der Waals surface area contributed by atoms with Crippen LogP contribution in [0, 0.1) is 0 Å². The first-order valence-electron chi connectivity index (χ1n) is 3.63. The standard InChI is InChI=1S/C7H10N2O/c10-7-5-3-1-2-4-6(5)8-9-7/h1-4H2,(H2,8,9,10). The molecule has 0 aliphatic heterocycles. The minimum Gasteiger partial charge on any atom is -0.493 e. The molecule has 3 nitrogen and oxygen atoms in total. The van der Waals surface area contributed by atoms with Gasteiger partial charge < -0.3 is 5.11 Å². The van der Waals surface area contributed by atoms with Crippen LogP contribution in [-0.4, -0.2) is 15.3 Å². The smallest absolute Gasteiger partial charge is 0.210 e. The predicted octanol–water partition coefficient (Wildman–Crippen LogP) is 0.994. The van der Waals surface area contributed by atoms with Crippen LogP contribution in [0.3, 0.4) is 0 Å². The largest absolute Gasteiger partial charge is 0.493 e. The molecule has 1 aliphatic rings. The van der Waals surface area contributed by atoms with Crippen molar-refractivity contribution in [1.29, 1.82) is 0 Å². The molecule has 1 aliphatic carbocycles. The van der Waals surface area contributed by atoms with E-state index in [1.807, 2.05) is 0 Å². The molecule has 0 radical (unpaired) electrons. The van der Waals surface area contributed by atoms with Crippen molar-refractivity contribution in [2.45, 2.75) is 25.7 Å². The number of aryl methyl sites for hydroxylation is 1. The lowest BCUT2D eigenvalue weighted by Crippen LogP contribution is -1.99. The number of nitrogens with zero attached hydrogens (tertiary/aromatic N) is 1. The summed E-state index contributed by atoms with van der Waals surface area (Å²) in [5.74, 6) is 0.273. The Kier molecular flexibility index (Phi) is 1.16. The van der Waals surface area contributed by atoms with Crippen LogP contribution >= 0.6 is 0 Å². The number of nitrogens with one attached hydrogen (secondary N) is 1. The van der Waals surface area contributed by atoms with Crippen LogP contribution in [0.1, 0.15) is 24.1 Å². The van der Waals surface area contributed by atoms with Crippen LogP contribution in [0.25, 0.3) is 0 Å². The Morgan fingerprint density at radius 3 is 2.90 bits per heavy atom. The third kappa shape index (κ3) is 0.701. The second-order valence-corrected chi connectivity index (χ2v) is 2.70. The van der Waals surface area contributed by atoms with Gasteiger partial charge in [-0.05, 0) is 25.7 Å². The van der Waals surface area contributed by atoms with Crippen LogP contribution in [0.4, 0.5) is 0 Å². The first kappa shape index (κ1) is 5.77. The summed E-state index contributed by atoms with van der Waals surface area (Å²) in [7, 11) is 0. The van der Waals surface area contributed by atoms with E-state index < -0.39 is 0 Å². The maximum Gasteiger partial charge on any atom is 0.210 e. The lowest BCUT2D eigenvalue weighted by molar-refractivity contribution is 0.444. The van der Waals surface area contributed by atoms with Gasteiger partial charge in [0, 0.05) is 5.56 Å². The van der Waals surface area contributed by atoms with E-state index >= 15 is 0 Å². The Bertz CT molecular complexity index is 242. The lowest BCUT2D eigenvalue weighted by atomic mass is 9.98. The van der Waals surface area contributed by atoms with Crippen molar-refractivity contribution >= 4 is 0 Å². The molecular weight excluding hydrogens is 128 g/mol. The summed E-state index contributed by atoms with van der Waals surface area (Å²) in [4.78, 5) is 0. The summed E-state index contributed by atoms with van der Waals surface area (Å²) >= 11 is 0. The second-order valence-electron chi connectivity index (χ2n) is 2.70. The van der Waals surface area contributed by atoms with Crippen LogP contribution in [0.15, 0.2) is 0 Å². The highest BCUT2D eigenvalue weighted by Crippen LogP contribution is 2.25. The van der Waals surface area contributed by atoms with E-state index in [0.717, 1.165) is 24.1 Å². The number of aromatic amines is 1. The monoisotopic (exact) mass is 138 g/mol. The summed E-state index contributed by atoms with van der Waals surface area (Å²) < 4.78 is 0. The summed E-state index contributed by atoms with van der Waals surface area (Å²) in [6, 6.07) is 0. The summed E-state index contributed by atoms with van der Waals surface area (Å²) in [6.45, 7) is 0. The van der Waals surface area contributed by atoms with Gasteiger partial charge in [0.25, 0.3) is 0 Å². The fraction of sp³-hybridized carbons (Fsp3) is 0.571. The van der Waals surface area contributed by atoms with Gasteiger partial charge in [-0.2, -0.15) is 5.10 Å². The van der Waals surface area contributed by atoms with Gasteiger partial charge in [0.1, 0.15) is 0 Å². The van der Waals surface area contributed by atoms with Crippen molar-refractivity contribution in [3.63, 3.8) is 0 Å². The molecule has 2 rings (SSSR count). The summed E-state index contributed by atoms with van der Waals surface area (Å²) in [5, 5.41) is 15.7. The quantitative estimate of drug-likeness (QED) is 0.561. The average Bonchev–Trinajstić information content (AvgIpc) is 2.34. The Labute approximate surface area is 59.1 Å². The molecule has 0 fully saturated rings. The summed E-state index contributed by atoms with van der Waals surface area (Å²) in [6.07, 6.45) is 4.39. The maximum atomic E-state index is 9.18. The molecule has 0 bridgehead atoms. The Morgan fingerprint density at radius 2 is 2.10 bits per heavy atom. The first-order valence-corrected chi connectivity index (χ1v) is 3.63. The highest BCUT2D eigenvalue weighted by Gasteiger charge is 2.15. The second kappa shape index (κ2) is 2.01. The molecule has 54 valence electrons. The van der Waals surface area contributed by atoms with E-state index in [0.29, 0.717) is 0 Å². The molecule has 0 aromatic carbocycles. The zero-order valence-corrected chi connectivity index (χ0v) is 5.72. The van der Waals surface area contributed by atoms with Gasteiger partial charge >= 0.3 is 0 Å². The van der Waals surface area contributed by atoms with E-state index in [4.69, 9.17) is 0 Å². The molecule has 0 amide bonds. The minimum atomic E-state index is 0.273. The number of hydrogen-bond donors (Lipinski definition) is 2. The third-order valence-electron chi connectivity index (χ3n) is 2.02. The zero-order chi connectivity index (χ0) is 6.97. The molecule has 0 saturated carbocycles. The molecule has 0 saturated heterocycles. The molecule has 2 N–H and O–H groups in total. The van der Waals surface area contributed by atoms with Gasteiger partial charge in [0.15, 0.2) is 0 Å². The van der Waals surface area contributed by atoms with Gasteiger partial charge in [-0.15, -0.1) is 0 Å². The fourth-order valence-electron chi connectivity index (χ4n) is 1.46. The summed E-state index contributed by atoms with van der Waals surface area (Å²) in [5.41, 5.74) is 2.09. The van der Waals surface area contributed by atoms with E-state index in [1.54, 1.807) is 0 Å². The van der Waals surface area contributed by atoms with Crippen molar-refractivity contribution < 1.29 is 5.11 Å². The van der Waals surface area contributed by atoms with Gasteiger partial charge in [-0.25, -0.2) is 5.10 Å². The van der Waals surface area contributed by atoms with Crippen molar-refractivity contribution in [3.8, 4) is 5.88 Å². The normalized spacial score (nSPS) is 16.8. The van der Waals surface area contributed by atoms with Crippen LogP contribution in [0.5, 0.6) is 5.88 Å². The van der Waals surface area contributed by atoms with Gasteiger partial charge in [-0.3, -0.25) is 0 Å². The minimum absolute atomic E-state index is 0.273. The van der Waals surface area contributed by atoms with Crippen molar-refractivity contribution in [2.75, 3.05) is 0 Å². The number of aromatic hydroxyl groups is 1. The number of hydrogen-bond acceptors (Lipinski definition) is 2. The molecule has 1 aromatic rings. The Morgan fingerprint density at radius 1 is 1.30 bits per heavy atom. The fourth-order valence-corrected chi connectivity index (χ4v) is 1.46. The third-order valence-corrected chi connectivity index (χ3v) is 2.02. The number of H-pyrrole nitrogens is 1. The van der Waals surface area contributed by atoms with E-state index in [1.165, 1.54) is 12.8 Å². The van der Waals surface area contributed by atoms with E-state index in [9.17, 15) is 5.11 Å². The van der Waals surface area contributed by atoms with Gasteiger partial charge in [0.2, 0.25) is 5.88 Å². The molecule has 0 atom stereocenters. The molecule has 10 heavy (non-hydrogen) atoms. The Hall–Kier alpha value is -0.990. The SMILES string of the molecule is Oc1[nH]nc2c1CCCC2. The average molecular weight is 138 g/mol. The van der Waals surface area contributed by atoms with Crippen molar-refractivity contribution in [3.05, 3.63) is 11.3 Å². The highest BCUT2D eigenvalue weighted by atomic mass is 16.3. The van der Waals surface area contributed by atoms with Crippen molar-refractivity contribution in [2.24, 2.45) is 0 Å². The molecule has 3 heteroatoms. The van der Waals surface area contributed by atoms with Gasteiger partial charge in [0.05, 0.1) is 5.69 Å². The molecule has 1 aromatic heterocycles.